The summed E-state index contributed by atoms with van der Waals surface area (Å²) in [7, 11) is 0. The first-order valence-corrected chi connectivity index (χ1v) is 9.35. The van der Waals surface area contributed by atoms with Gasteiger partial charge in [-0.3, -0.25) is 4.79 Å². The molecule has 0 bridgehead atoms. The van der Waals surface area contributed by atoms with E-state index in [1.165, 1.54) is 0 Å². The van der Waals surface area contributed by atoms with Crippen LogP contribution < -0.4 is 16.0 Å². The summed E-state index contributed by atoms with van der Waals surface area (Å²) in [5.74, 6) is 0.196. The van der Waals surface area contributed by atoms with Gasteiger partial charge < -0.3 is 20.9 Å². The largest absolute Gasteiger partial charge is 0.325 e. The van der Waals surface area contributed by atoms with Crippen LogP contribution in [0.3, 0.4) is 0 Å². The topological polar surface area (TPSA) is 73.5 Å². The predicted octanol–water partition coefficient (Wildman–Crippen LogP) is 2.64. The van der Waals surface area contributed by atoms with Gasteiger partial charge in [-0.1, -0.05) is 12.1 Å². The Labute approximate surface area is 148 Å². The van der Waals surface area contributed by atoms with Crippen molar-refractivity contribution in [1.29, 1.82) is 0 Å². The summed E-state index contributed by atoms with van der Waals surface area (Å²) in [4.78, 5) is 26.8. The molecule has 2 aliphatic heterocycles. The molecule has 1 aromatic rings. The van der Waals surface area contributed by atoms with Crippen molar-refractivity contribution in [1.82, 2.24) is 10.2 Å². The third-order valence-corrected chi connectivity index (χ3v) is 5.93. The van der Waals surface area contributed by atoms with Crippen LogP contribution >= 0.6 is 0 Å². The zero-order valence-electron chi connectivity index (χ0n) is 14.5. The number of benzene rings is 1. The van der Waals surface area contributed by atoms with Gasteiger partial charge in [0.05, 0.1) is 11.4 Å². The number of carbonyl (C=O) groups excluding carboxylic acids is 2. The number of nitrogens with zero attached hydrogens (tertiary/aromatic N) is 1. The number of amides is 3. The molecule has 6 nitrogen and oxygen atoms in total. The predicted molar refractivity (Wildman–Crippen MR) is 97.5 cm³/mol. The molecule has 25 heavy (non-hydrogen) atoms. The zero-order valence-corrected chi connectivity index (χ0v) is 14.5. The fourth-order valence-corrected chi connectivity index (χ4v) is 4.23. The lowest BCUT2D eigenvalue weighted by atomic mass is 9.92. The molecule has 1 atom stereocenters. The van der Waals surface area contributed by atoms with E-state index in [-0.39, 0.29) is 23.3 Å². The molecule has 1 unspecified atom stereocenters. The van der Waals surface area contributed by atoms with Crippen molar-refractivity contribution in [3.63, 3.8) is 0 Å². The SMILES string of the molecule is O=C(Nc1ccccc1NC(=O)N1CCCC1)C1CC12CCNCC2. The van der Waals surface area contributed by atoms with Crippen molar-refractivity contribution in [2.45, 2.75) is 32.1 Å². The molecule has 0 aromatic heterocycles. The molecule has 1 saturated carbocycles. The van der Waals surface area contributed by atoms with E-state index in [9.17, 15) is 9.59 Å². The van der Waals surface area contributed by atoms with Crippen molar-refractivity contribution in [2.24, 2.45) is 11.3 Å². The highest BCUT2D eigenvalue weighted by Gasteiger charge is 2.57. The lowest BCUT2D eigenvalue weighted by Gasteiger charge is -2.23. The highest BCUT2D eigenvalue weighted by atomic mass is 16.2. The number of nitrogens with one attached hydrogen (secondary N) is 3. The summed E-state index contributed by atoms with van der Waals surface area (Å²) in [6.07, 6.45) is 5.27. The van der Waals surface area contributed by atoms with E-state index in [0.717, 1.165) is 58.3 Å². The van der Waals surface area contributed by atoms with E-state index in [1.54, 1.807) is 0 Å². The maximum absolute atomic E-state index is 12.7. The highest BCUT2D eigenvalue weighted by Crippen LogP contribution is 2.58. The second-order valence-corrected chi connectivity index (χ2v) is 7.53. The van der Waals surface area contributed by atoms with Gasteiger partial charge >= 0.3 is 6.03 Å². The molecular weight excluding hydrogens is 316 g/mol. The van der Waals surface area contributed by atoms with Gasteiger partial charge in [0.2, 0.25) is 5.91 Å². The minimum absolute atomic E-state index is 0.0829. The van der Waals surface area contributed by atoms with Gasteiger partial charge in [-0.25, -0.2) is 4.79 Å². The summed E-state index contributed by atoms with van der Waals surface area (Å²) in [6.45, 7) is 3.62. The molecule has 134 valence electrons. The minimum Gasteiger partial charge on any atom is -0.325 e. The Kier molecular flexibility index (Phi) is 4.37. The Hall–Kier alpha value is -2.08. The minimum atomic E-state index is -0.0829. The number of likely N-dealkylation sites (tertiary alicyclic amines) is 1. The summed E-state index contributed by atoms with van der Waals surface area (Å²) in [6, 6.07) is 7.38. The molecule has 3 fully saturated rings. The van der Waals surface area contributed by atoms with Crippen LogP contribution in [0.25, 0.3) is 0 Å². The second kappa shape index (κ2) is 6.67. The summed E-state index contributed by atoms with van der Waals surface area (Å²) in [5.41, 5.74) is 1.58. The molecule has 4 rings (SSSR count). The maximum Gasteiger partial charge on any atom is 0.321 e. The smallest absolute Gasteiger partial charge is 0.321 e. The van der Waals surface area contributed by atoms with Crippen LogP contribution in [0.5, 0.6) is 0 Å². The number of hydrogen-bond donors (Lipinski definition) is 3. The fourth-order valence-electron chi connectivity index (χ4n) is 4.23. The Morgan fingerprint density at radius 3 is 2.36 bits per heavy atom. The van der Waals surface area contributed by atoms with Gasteiger partial charge in [0.15, 0.2) is 0 Å². The van der Waals surface area contributed by atoms with Crippen LogP contribution in [0.1, 0.15) is 32.1 Å². The molecular formula is C19H26N4O2. The van der Waals surface area contributed by atoms with Gasteiger partial charge in [-0.2, -0.15) is 0 Å². The number of para-hydroxylation sites is 2. The molecule has 3 N–H and O–H groups in total. The van der Waals surface area contributed by atoms with Crippen LogP contribution in [-0.2, 0) is 4.79 Å². The average Bonchev–Trinajstić information content (AvgIpc) is 3.07. The van der Waals surface area contributed by atoms with Crippen molar-refractivity contribution in [3.05, 3.63) is 24.3 Å². The zero-order chi connectivity index (χ0) is 17.3. The summed E-state index contributed by atoms with van der Waals surface area (Å²) >= 11 is 0. The quantitative estimate of drug-likeness (QED) is 0.791. The number of carbonyl (C=O) groups is 2. The average molecular weight is 342 g/mol. The number of hydrogen-bond acceptors (Lipinski definition) is 3. The van der Waals surface area contributed by atoms with Gasteiger partial charge in [0.1, 0.15) is 0 Å². The van der Waals surface area contributed by atoms with E-state index in [4.69, 9.17) is 0 Å². The fraction of sp³-hybridized carbons (Fsp3) is 0.579. The molecule has 1 aliphatic carbocycles. The summed E-state index contributed by atoms with van der Waals surface area (Å²) < 4.78 is 0. The Bertz CT molecular complexity index is 663. The molecule has 2 heterocycles. The normalized spacial score (nSPS) is 24.2. The molecule has 0 radical (unpaired) electrons. The summed E-state index contributed by atoms with van der Waals surface area (Å²) in [5, 5.41) is 9.36. The van der Waals surface area contributed by atoms with Crippen molar-refractivity contribution in [3.8, 4) is 0 Å². The molecule has 2 saturated heterocycles. The van der Waals surface area contributed by atoms with Crippen molar-refractivity contribution < 1.29 is 9.59 Å². The van der Waals surface area contributed by atoms with Crippen LogP contribution in [0.2, 0.25) is 0 Å². The Balaban J connectivity index is 1.41. The second-order valence-electron chi connectivity index (χ2n) is 7.53. The number of piperidine rings is 1. The Morgan fingerprint density at radius 2 is 1.68 bits per heavy atom. The lowest BCUT2D eigenvalue weighted by molar-refractivity contribution is -0.118. The Morgan fingerprint density at radius 1 is 1.04 bits per heavy atom. The van der Waals surface area contributed by atoms with E-state index in [1.807, 2.05) is 29.2 Å². The molecule has 3 aliphatic rings. The van der Waals surface area contributed by atoms with Crippen molar-refractivity contribution >= 4 is 23.3 Å². The molecule has 3 amide bonds. The molecule has 6 heteroatoms. The van der Waals surface area contributed by atoms with Crippen LogP contribution in [-0.4, -0.2) is 43.0 Å². The standard InChI is InChI=1S/C19H26N4O2/c24-17(14-13-19(14)7-9-20-10-8-19)21-15-5-1-2-6-16(15)22-18(25)23-11-3-4-12-23/h1-2,5-6,14,20H,3-4,7-13H2,(H,21,24)(H,22,25). The van der Waals surface area contributed by atoms with E-state index < -0.39 is 0 Å². The third-order valence-electron chi connectivity index (χ3n) is 5.93. The van der Waals surface area contributed by atoms with Crippen molar-refractivity contribution in [2.75, 3.05) is 36.8 Å². The van der Waals surface area contributed by atoms with Crippen LogP contribution in [0.4, 0.5) is 16.2 Å². The number of urea groups is 1. The first kappa shape index (κ1) is 16.4. The first-order chi connectivity index (χ1) is 12.2. The monoisotopic (exact) mass is 342 g/mol. The number of anilines is 2. The van der Waals surface area contributed by atoms with Gasteiger partial charge in [0, 0.05) is 19.0 Å². The highest BCUT2D eigenvalue weighted by molar-refractivity contribution is 6.01. The third kappa shape index (κ3) is 3.35. The van der Waals surface area contributed by atoms with Gasteiger partial charge in [0.25, 0.3) is 0 Å². The van der Waals surface area contributed by atoms with Crippen LogP contribution in [0.15, 0.2) is 24.3 Å². The van der Waals surface area contributed by atoms with E-state index >= 15 is 0 Å². The van der Waals surface area contributed by atoms with Gasteiger partial charge in [-0.05, 0) is 62.7 Å². The maximum atomic E-state index is 12.7. The molecule has 1 spiro atoms. The molecule has 1 aromatic carbocycles. The lowest BCUT2D eigenvalue weighted by Crippen LogP contribution is -2.33. The number of rotatable bonds is 3. The van der Waals surface area contributed by atoms with Crippen LogP contribution in [0, 0.1) is 11.3 Å². The van der Waals surface area contributed by atoms with E-state index in [2.05, 4.69) is 16.0 Å². The van der Waals surface area contributed by atoms with Gasteiger partial charge in [-0.15, -0.1) is 0 Å². The first-order valence-electron chi connectivity index (χ1n) is 9.35. The van der Waals surface area contributed by atoms with E-state index in [0.29, 0.717) is 11.4 Å².